The fourth-order valence-electron chi connectivity index (χ4n) is 2.05. The summed E-state index contributed by atoms with van der Waals surface area (Å²) in [6, 6.07) is 1.60. The smallest absolute Gasteiger partial charge is 0.305 e. The predicted molar refractivity (Wildman–Crippen MR) is 65.5 cm³/mol. The van der Waals surface area contributed by atoms with Crippen LogP contribution < -0.4 is 5.32 Å². The van der Waals surface area contributed by atoms with Gasteiger partial charge in [0.2, 0.25) is 0 Å². The predicted octanol–water partition coefficient (Wildman–Crippen LogP) is 1.83. The Bertz CT molecular complexity index is 431. The van der Waals surface area contributed by atoms with Gasteiger partial charge in [0, 0.05) is 10.9 Å². The molecule has 5 heteroatoms. The minimum Gasteiger partial charge on any atom is -0.481 e. The van der Waals surface area contributed by atoms with Gasteiger partial charge < -0.3 is 10.4 Å². The summed E-state index contributed by atoms with van der Waals surface area (Å²) in [6.45, 7) is 1.70. The second-order valence-corrected chi connectivity index (χ2v) is 5.52. The molecule has 0 fully saturated rings. The van der Waals surface area contributed by atoms with E-state index in [0.29, 0.717) is 4.88 Å². The highest BCUT2D eigenvalue weighted by atomic mass is 32.1. The van der Waals surface area contributed by atoms with Crippen molar-refractivity contribution in [2.24, 2.45) is 0 Å². The second-order valence-electron chi connectivity index (χ2n) is 4.38. The molecule has 4 nitrogen and oxygen atoms in total. The SMILES string of the molecule is C[C@@H](CC(=O)O)NC(=O)c1cc2c(s1)CCC2. The highest BCUT2D eigenvalue weighted by Gasteiger charge is 2.19. The maximum Gasteiger partial charge on any atom is 0.305 e. The van der Waals surface area contributed by atoms with E-state index >= 15 is 0 Å². The molecule has 0 saturated carbocycles. The van der Waals surface area contributed by atoms with Crippen molar-refractivity contribution in [1.29, 1.82) is 0 Å². The summed E-state index contributed by atoms with van der Waals surface area (Å²) >= 11 is 1.53. The van der Waals surface area contributed by atoms with Gasteiger partial charge in [-0.15, -0.1) is 11.3 Å². The standard InChI is InChI=1S/C12H15NO3S/c1-7(5-11(14)15)13-12(16)10-6-8-3-2-4-9(8)17-10/h6-7H,2-5H2,1H3,(H,13,16)(H,14,15)/t7-/m0/s1. The van der Waals surface area contributed by atoms with Gasteiger partial charge in [0.1, 0.15) is 0 Å². The van der Waals surface area contributed by atoms with Crippen LogP contribution in [0.3, 0.4) is 0 Å². The van der Waals surface area contributed by atoms with Gasteiger partial charge in [-0.3, -0.25) is 9.59 Å². The quantitative estimate of drug-likeness (QED) is 0.860. The Balaban J connectivity index is 1.97. The maximum absolute atomic E-state index is 11.8. The lowest BCUT2D eigenvalue weighted by Crippen LogP contribution is -2.33. The molecule has 0 unspecified atom stereocenters. The van der Waals surface area contributed by atoms with Crippen molar-refractivity contribution >= 4 is 23.2 Å². The monoisotopic (exact) mass is 253 g/mol. The first-order valence-electron chi connectivity index (χ1n) is 5.70. The molecule has 92 valence electrons. The molecule has 0 bridgehead atoms. The highest BCUT2D eigenvalue weighted by Crippen LogP contribution is 2.30. The minimum atomic E-state index is -0.897. The van der Waals surface area contributed by atoms with Crippen LogP contribution in [0.25, 0.3) is 0 Å². The van der Waals surface area contributed by atoms with Gasteiger partial charge in [0.15, 0.2) is 0 Å². The summed E-state index contributed by atoms with van der Waals surface area (Å²) in [7, 11) is 0. The first kappa shape index (κ1) is 12.1. The van der Waals surface area contributed by atoms with E-state index in [2.05, 4.69) is 5.32 Å². The molecule has 17 heavy (non-hydrogen) atoms. The first-order chi connectivity index (χ1) is 8.06. The molecule has 1 heterocycles. The van der Waals surface area contributed by atoms with E-state index < -0.39 is 5.97 Å². The summed E-state index contributed by atoms with van der Waals surface area (Å²) in [5.41, 5.74) is 1.28. The van der Waals surface area contributed by atoms with Crippen LogP contribution in [0.2, 0.25) is 0 Å². The van der Waals surface area contributed by atoms with Crippen molar-refractivity contribution in [1.82, 2.24) is 5.32 Å². The first-order valence-corrected chi connectivity index (χ1v) is 6.52. The zero-order valence-corrected chi connectivity index (χ0v) is 10.5. The van der Waals surface area contributed by atoms with Crippen LogP contribution in [0.15, 0.2) is 6.07 Å². The van der Waals surface area contributed by atoms with E-state index in [1.807, 2.05) is 6.07 Å². The average Bonchev–Trinajstić information content (AvgIpc) is 2.73. The lowest BCUT2D eigenvalue weighted by atomic mass is 10.2. The summed E-state index contributed by atoms with van der Waals surface area (Å²) in [5, 5.41) is 11.3. The van der Waals surface area contributed by atoms with E-state index in [-0.39, 0.29) is 18.4 Å². The second kappa shape index (κ2) is 4.87. The summed E-state index contributed by atoms with van der Waals surface area (Å²) in [6.07, 6.45) is 3.26. The summed E-state index contributed by atoms with van der Waals surface area (Å²) in [5.74, 6) is -1.05. The topological polar surface area (TPSA) is 66.4 Å². The molecule has 0 saturated heterocycles. The molecule has 2 rings (SSSR count). The number of amides is 1. The van der Waals surface area contributed by atoms with Gasteiger partial charge in [0.05, 0.1) is 11.3 Å². The van der Waals surface area contributed by atoms with Crippen molar-refractivity contribution < 1.29 is 14.7 Å². The van der Waals surface area contributed by atoms with E-state index in [9.17, 15) is 9.59 Å². The molecule has 1 aliphatic carbocycles. The zero-order chi connectivity index (χ0) is 12.4. The fraction of sp³-hybridized carbons (Fsp3) is 0.500. The Hall–Kier alpha value is -1.36. The van der Waals surface area contributed by atoms with Crippen molar-refractivity contribution in [3.8, 4) is 0 Å². The van der Waals surface area contributed by atoms with E-state index in [1.54, 1.807) is 6.92 Å². The van der Waals surface area contributed by atoms with Gasteiger partial charge in [-0.25, -0.2) is 0 Å². The van der Waals surface area contributed by atoms with Gasteiger partial charge in [-0.2, -0.15) is 0 Å². The molecule has 1 aromatic rings. The number of thiophene rings is 1. The molecular weight excluding hydrogens is 238 g/mol. The molecule has 0 spiro atoms. The number of carboxylic acid groups (broad SMARTS) is 1. The van der Waals surface area contributed by atoms with Crippen LogP contribution in [0.1, 0.15) is 39.9 Å². The van der Waals surface area contributed by atoms with Crippen LogP contribution in [-0.4, -0.2) is 23.0 Å². The normalized spacial score (nSPS) is 15.4. The highest BCUT2D eigenvalue weighted by molar-refractivity contribution is 7.14. The number of aryl methyl sites for hydroxylation is 2. The van der Waals surface area contributed by atoms with Gasteiger partial charge in [-0.05, 0) is 37.8 Å². The Labute approximate surface area is 104 Å². The summed E-state index contributed by atoms with van der Waals surface area (Å²) in [4.78, 5) is 24.3. The molecule has 0 aromatic carbocycles. The van der Waals surface area contributed by atoms with Crippen LogP contribution in [0.4, 0.5) is 0 Å². The van der Waals surface area contributed by atoms with E-state index in [1.165, 1.54) is 28.2 Å². The summed E-state index contributed by atoms with van der Waals surface area (Å²) < 4.78 is 0. The lowest BCUT2D eigenvalue weighted by Gasteiger charge is -2.10. The minimum absolute atomic E-state index is 0.0448. The zero-order valence-electron chi connectivity index (χ0n) is 9.66. The van der Waals surface area contributed by atoms with E-state index in [4.69, 9.17) is 5.11 Å². The molecule has 0 aliphatic heterocycles. The Morgan fingerprint density at radius 3 is 2.94 bits per heavy atom. The number of fused-ring (bicyclic) bond motifs is 1. The number of nitrogens with one attached hydrogen (secondary N) is 1. The number of hydrogen-bond acceptors (Lipinski definition) is 3. The molecule has 2 N–H and O–H groups in total. The van der Waals surface area contributed by atoms with Crippen LogP contribution in [-0.2, 0) is 17.6 Å². The van der Waals surface area contributed by atoms with Crippen molar-refractivity contribution in [2.45, 2.75) is 38.6 Å². The lowest BCUT2D eigenvalue weighted by molar-refractivity contribution is -0.137. The molecule has 0 radical (unpaired) electrons. The number of aliphatic carboxylic acids is 1. The van der Waals surface area contributed by atoms with Crippen molar-refractivity contribution in [3.63, 3.8) is 0 Å². The van der Waals surface area contributed by atoms with Crippen LogP contribution in [0, 0.1) is 0 Å². The molecule has 1 aliphatic rings. The molecule has 1 amide bonds. The molecule has 1 aromatic heterocycles. The Morgan fingerprint density at radius 1 is 1.53 bits per heavy atom. The van der Waals surface area contributed by atoms with Crippen LogP contribution in [0.5, 0.6) is 0 Å². The Kier molecular flexibility index (Phi) is 3.47. The number of carbonyl (C=O) groups excluding carboxylic acids is 1. The van der Waals surface area contributed by atoms with Crippen LogP contribution >= 0.6 is 11.3 Å². The number of carboxylic acids is 1. The molecular formula is C12H15NO3S. The van der Waals surface area contributed by atoms with Crippen molar-refractivity contribution in [2.75, 3.05) is 0 Å². The van der Waals surface area contributed by atoms with Gasteiger partial charge in [0.25, 0.3) is 5.91 Å². The Morgan fingerprint density at radius 2 is 2.29 bits per heavy atom. The fourth-order valence-corrected chi connectivity index (χ4v) is 3.21. The number of carbonyl (C=O) groups is 2. The molecule has 1 atom stereocenters. The number of rotatable bonds is 4. The maximum atomic E-state index is 11.8. The van der Waals surface area contributed by atoms with Gasteiger partial charge in [-0.1, -0.05) is 0 Å². The third-order valence-electron chi connectivity index (χ3n) is 2.83. The van der Waals surface area contributed by atoms with Gasteiger partial charge >= 0.3 is 5.97 Å². The van der Waals surface area contributed by atoms with Crippen molar-refractivity contribution in [3.05, 3.63) is 21.4 Å². The third kappa shape index (κ3) is 2.85. The third-order valence-corrected chi connectivity index (χ3v) is 4.06. The van der Waals surface area contributed by atoms with E-state index in [0.717, 1.165) is 12.8 Å². The average molecular weight is 253 g/mol. The largest absolute Gasteiger partial charge is 0.481 e. The number of hydrogen-bond donors (Lipinski definition) is 2.